The summed E-state index contributed by atoms with van der Waals surface area (Å²) in [5, 5.41) is 0. The van der Waals surface area contributed by atoms with Crippen LogP contribution in [0.2, 0.25) is 0 Å². The molecular weight excluding hydrogens is 216 g/mol. The summed E-state index contributed by atoms with van der Waals surface area (Å²) in [6.45, 7) is 2.92. The van der Waals surface area contributed by atoms with Crippen LogP contribution in [-0.2, 0) is 4.79 Å². The van der Waals surface area contributed by atoms with E-state index in [-0.39, 0.29) is 18.6 Å². The first-order valence-corrected chi connectivity index (χ1v) is 5.69. The molecule has 1 atom stereocenters. The van der Waals surface area contributed by atoms with Crippen LogP contribution in [0.25, 0.3) is 0 Å². The van der Waals surface area contributed by atoms with Gasteiger partial charge in [-0.05, 0) is 25.1 Å². The lowest BCUT2D eigenvalue weighted by Gasteiger charge is -2.20. The summed E-state index contributed by atoms with van der Waals surface area (Å²) >= 11 is 0. The fraction of sp³-hybridized carbons (Fsp3) is 0.308. The summed E-state index contributed by atoms with van der Waals surface area (Å²) in [4.78, 5) is 12.8. The second-order valence-corrected chi connectivity index (χ2v) is 3.86. The Kier molecular flexibility index (Phi) is 3.32. The van der Waals surface area contributed by atoms with E-state index < -0.39 is 0 Å². The van der Waals surface area contributed by atoms with Gasteiger partial charge in [0.05, 0.1) is 5.69 Å². The molecule has 2 N–H and O–H groups in total. The average Bonchev–Trinajstić information content (AvgIpc) is 2.66. The molecule has 2 rings (SSSR count). The number of carbonyl (C=O) groups excluding carboxylic acids is 1. The van der Waals surface area contributed by atoms with Crippen LogP contribution in [0.3, 0.4) is 0 Å². The Morgan fingerprint density at radius 1 is 1.53 bits per heavy atom. The van der Waals surface area contributed by atoms with Crippen LogP contribution < -0.4 is 15.4 Å². The summed E-state index contributed by atoms with van der Waals surface area (Å²) in [5.74, 6) is 0.544. The molecule has 1 heterocycles. The maximum atomic E-state index is 10.7. The average molecular weight is 232 g/mol. The molecule has 4 heteroatoms. The Labute approximate surface area is 101 Å². The Bertz CT molecular complexity index is 443. The molecule has 90 valence electrons. The van der Waals surface area contributed by atoms with Crippen molar-refractivity contribution in [3.63, 3.8) is 0 Å². The number of carbonyl (C=O) groups is 1. The van der Waals surface area contributed by atoms with Gasteiger partial charge in [0.2, 0.25) is 5.91 Å². The van der Waals surface area contributed by atoms with Gasteiger partial charge in [-0.1, -0.05) is 18.2 Å². The lowest BCUT2D eigenvalue weighted by molar-refractivity contribution is -0.117. The van der Waals surface area contributed by atoms with E-state index in [1.807, 2.05) is 30.3 Å². The monoisotopic (exact) mass is 232 g/mol. The SMILES string of the molecule is CCN1c2ccccc2OC1C=CCC(N)=O. The summed E-state index contributed by atoms with van der Waals surface area (Å²) in [5.41, 5.74) is 6.17. The van der Waals surface area contributed by atoms with Crippen molar-refractivity contribution in [1.82, 2.24) is 0 Å². The Hall–Kier alpha value is -1.97. The molecule has 1 aromatic rings. The number of hydrogen-bond acceptors (Lipinski definition) is 3. The number of ether oxygens (including phenoxy) is 1. The van der Waals surface area contributed by atoms with Gasteiger partial charge in [0.15, 0.2) is 6.23 Å². The second-order valence-electron chi connectivity index (χ2n) is 3.86. The minimum Gasteiger partial charge on any atom is -0.465 e. The minimum atomic E-state index is -0.334. The standard InChI is InChI=1S/C13H16N2O2/c1-2-15-10-6-3-4-7-11(10)17-13(15)9-5-8-12(14)16/h3-7,9,13H,2,8H2,1H3,(H2,14,16). The van der Waals surface area contributed by atoms with E-state index in [9.17, 15) is 4.79 Å². The van der Waals surface area contributed by atoms with E-state index in [0.717, 1.165) is 18.0 Å². The highest BCUT2D eigenvalue weighted by Gasteiger charge is 2.26. The second kappa shape index (κ2) is 4.91. The third-order valence-corrected chi connectivity index (χ3v) is 2.69. The van der Waals surface area contributed by atoms with Crippen molar-refractivity contribution in [1.29, 1.82) is 0 Å². The van der Waals surface area contributed by atoms with Crippen molar-refractivity contribution in [3.8, 4) is 5.75 Å². The number of amides is 1. The molecular formula is C13H16N2O2. The van der Waals surface area contributed by atoms with Gasteiger partial charge in [-0.25, -0.2) is 0 Å². The number of para-hydroxylation sites is 2. The fourth-order valence-corrected chi connectivity index (χ4v) is 1.92. The van der Waals surface area contributed by atoms with Crippen LogP contribution in [0.15, 0.2) is 36.4 Å². The summed E-state index contributed by atoms with van der Waals surface area (Å²) < 4.78 is 5.78. The van der Waals surface area contributed by atoms with E-state index in [2.05, 4.69) is 11.8 Å². The van der Waals surface area contributed by atoms with Crippen LogP contribution >= 0.6 is 0 Å². The molecule has 0 saturated heterocycles. The predicted octanol–water partition coefficient (Wildman–Crippen LogP) is 1.66. The van der Waals surface area contributed by atoms with Crippen molar-refractivity contribution in [2.24, 2.45) is 5.73 Å². The van der Waals surface area contributed by atoms with Gasteiger partial charge in [-0.2, -0.15) is 0 Å². The molecule has 0 aliphatic carbocycles. The Morgan fingerprint density at radius 2 is 2.29 bits per heavy atom. The van der Waals surface area contributed by atoms with Crippen LogP contribution in [-0.4, -0.2) is 18.7 Å². The zero-order valence-corrected chi connectivity index (χ0v) is 9.80. The molecule has 0 spiro atoms. The highest BCUT2D eigenvalue weighted by atomic mass is 16.5. The molecule has 0 radical (unpaired) electrons. The molecule has 0 bridgehead atoms. The maximum Gasteiger partial charge on any atom is 0.221 e. The van der Waals surface area contributed by atoms with Gasteiger partial charge in [0.25, 0.3) is 0 Å². The van der Waals surface area contributed by atoms with E-state index in [4.69, 9.17) is 10.5 Å². The van der Waals surface area contributed by atoms with Crippen molar-refractivity contribution >= 4 is 11.6 Å². The Morgan fingerprint density at radius 3 is 3.00 bits per heavy atom. The van der Waals surface area contributed by atoms with Gasteiger partial charge in [-0.3, -0.25) is 4.79 Å². The zero-order chi connectivity index (χ0) is 12.3. The molecule has 0 aromatic heterocycles. The number of likely N-dealkylation sites (N-methyl/N-ethyl adjacent to an activating group) is 1. The van der Waals surface area contributed by atoms with Crippen LogP contribution in [0, 0.1) is 0 Å². The van der Waals surface area contributed by atoms with E-state index in [1.54, 1.807) is 6.08 Å². The van der Waals surface area contributed by atoms with Crippen LogP contribution in [0.5, 0.6) is 5.75 Å². The Balaban J connectivity index is 2.12. The molecule has 17 heavy (non-hydrogen) atoms. The fourth-order valence-electron chi connectivity index (χ4n) is 1.92. The third kappa shape index (κ3) is 2.41. The lowest BCUT2D eigenvalue weighted by atomic mass is 10.2. The van der Waals surface area contributed by atoms with E-state index in [0.29, 0.717) is 0 Å². The van der Waals surface area contributed by atoms with Gasteiger partial charge >= 0.3 is 0 Å². The lowest BCUT2D eigenvalue weighted by Crippen LogP contribution is -2.32. The van der Waals surface area contributed by atoms with E-state index in [1.165, 1.54) is 0 Å². The quantitative estimate of drug-likeness (QED) is 0.803. The molecule has 1 amide bonds. The van der Waals surface area contributed by atoms with Crippen molar-refractivity contribution in [2.45, 2.75) is 19.6 Å². The largest absolute Gasteiger partial charge is 0.465 e. The molecule has 1 aliphatic heterocycles. The van der Waals surface area contributed by atoms with Gasteiger partial charge < -0.3 is 15.4 Å². The van der Waals surface area contributed by atoms with Gasteiger partial charge in [0.1, 0.15) is 5.75 Å². The highest BCUT2D eigenvalue weighted by molar-refractivity contribution is 5.75. The smallest absolute Gasteiger partial charge is 0.221 e. The molecule has 1 unspecified atom stereocenters. The van der Waals surface area contributed by atoms with E-state index >= 15 is 0 Å². The summed E-state index contributed by atoms with van der Waals surface area (Å²) in [6, 6.07) is 7.91. The molecule has 0 saturated carbocycles. The number of nitrogens with zero attached hydrogens (tertiary/aromatic N) is 1. The van der Waals surface area contributed by atoms with Crippen molar-refractivity contribution in [2.75, 3.05) is 11.4 Å². The van der Waals surface area contributed by atoms with Crippen molar-refractivity contribution in [3.05, 3.63) is 36.4 Å². The van der Waals surface area contributed by atoms with Crippen molar-refractivity contribution < 1.29 is 9.53 Å². The van der Waals surface area contributed by atoms with Gasteiger partial charge in [-0.15, -0.1) is 0 Å². The van der Waals surface area contributed by atoms with Crippen LogP contribution in [0.4, 0.5) is 5.69 Å². The topological polar surface area (TPSA) is 55.6 Å². The normalized spacial score (nSPS) is 18.2. The summed E-state index contributed by atoms with van der Waals surface area (Å²) in [6.07, 6.45) is 3.72. The first-order valence-electron chi connectivity index (χ1n) is 5.69. The number of nitrogens with two attached hydrogens (primary N) is 1. The first kappa shape index (κ1) is 11.5. The predicted molar refractivity (Wildman–Crippen MR) is 66.8 cm³/mol. The summed E-state index contributed by atoms with van der Waals surface area (Å²) in [7, 11) is 0. The molecule has 1 aromatic carbocycles. The molecule has 4 nitrogen and oxygen atoms in total. The maximum absolute atomic E-state index is 10.7. The van der Waals surface area contributed by atoms with Crippen LogP contribution in [0.1, 0.15) is 13.3 Å². The minimum absolute atomic E-state index is 0.142. The number of rotatable bonds is 4. The van der Waals surface area contributed by atoms with Gasteiger partial charge in [0, 0.05) is 13.0 Å². The number of primary amides is 1. The third-order valence-electron chi connectivity index (χ3n) is 2.69. The number of hydrogen-bond donors (Lipinski definition) is 1. The molecule has 0 fully saturated rings. The molecule has 1 aliphatic rings. The number of fused-ring (bicyclic) bond motifs is 1. The zero-order valence-electron chi connectivity index (χ0n) is 9.80. The highest BCUT2D eigenvalue weighted by Crippen LogP contribution is 2.36. The number of benzene rings is 1. The first-order chi connectivity index (χ1) is 8.22. The number of anilines is 1.